The Morgan fingerprint density at radius 2 is 1.92 bits per heavy atom. The fourth-order valence-corrected chi connectivity index (χ4v) is 1.31. The van der Waals surface area contributed by atoms with Gasteiger partial charge in [0.1, 0.15) is 11.7 Å². The van der Waals surface area contributed by atoms with E-state index in [2.05, 4.69) is 0 Å². The standard InChI is InChI=1S/C9H15ClO3/c1-7(11)8(9(12)13)5-3-2-4-6-10/h8H,2-6H2,1H3,(H,12,13). The van der Waals surface area contributed by atoms with Gasteiger partial charge in [0.05, 0.1) is 0 Å². The van der Waals surface area contributed by atoms with E-state index in [1.54, 1.807) is 0 Å². The van der Waals surface area contributed by atoms with Crippen LogP contribution in [0.5, 0.6) is 0 Å². The number of ketones is 1. The lowest BCUT2D eigenvalue weighted by Crippen LogP contribution is -2.21. The molecule has 0 amide bonds. The zero-order valence-corrected chi connectivity index (χ0v) is 8.51. The van der Waals surface area contributed by atoms with E-state index in [-0.39, 0.29) is 5.78 Å². The summed E-state index contributed by atoms with van der Waals surface area (Å²) >= 11 is 5.46. The third kappa shape index (κ3) is 5.64. The van der Waals surface area contributed by atoms with Crippen molar-refractivity contribution in [2.75, 3.05) is 5.88 Å². The van der Waals surface area contributed by atoms with E-state index in [0.29, 0.717) is 12.3 Å². The average molecular weight is 207 g/mol. The molecule has 4 heteroatoms. The van der Waals surface area contributed by atoms with Crippen molar-refractivity contribution in [2.45, 2.75) is 32.6 Å². The van der Waals surface area contributed by atoms with Crippen LogP contribution in [0.1, 0.15) is 32.6 Å². The Morgan fingerprint density at radius 1 is 1.31 bits per heavy atom. The van der Waals surface area contributed by atoms with Crippen molar-refractivity contribution in [3.8, 4) is 0 Å². The van der Waals surface area contributed by atoms with Crippen LogP contribution in [0.15, 0.2) is 0 Å². The molecule has 76 valence electrons. The molecule has 13 heavy (non-hydrogen) atoms. The number of carboxylic acid groups (broad SMARTS) is 1. The van der Waals surface area contributed by atoms with Crippen LogP contribution in [0.25, 0.3) is 0 Å². The maximum atomic E-state index is 10.8. The van der Waals surface area contributed by atoms with Crippen molar-refractivity contribution in [2.24, 2.45) is 5.92 Å². The molecule has 1 N–H and O–H groups in total. The summed E-state index contributed by atoms with van der Waals surface area (Å²) in [5, 5.41) is 8.65. The fraction of sp³-hybridized carbons (Fsp3) is 0.778. The lowest BCUT2D eigenvalue weighted by atomic mass is 9.98. The first-order chi connectivity index (χ1) is 6.09. The molecule has 0 rings (SSSR count). The average Bonchev–Trinajstić information content (AvgIpc) is 2.02. The number of aliphatic carboxylic acids is 1. The number of Topliss-reactive ketones (excluding diaryl/α,β-unsaturated/α-hetero) is 1. The minimum atomic E-state index is -1.02. The molecule has 0 aliphatic carbocycles. The van der Waals surface area contributed by atoms with Crippen LogP contribution in [0, 0.1) is 5.92 Å². The van der Waals surface area contributed by atoms with Gasteiger partial charge in [0, 0.05) is 5.88 Å². The highest BCUT2D eigenvalue weighted by Gasteiger charge is 2.21. The number of unbranched alkanes of at least 4 members (excludes halogenated alkanes) is 2. The lowest BCUT2D eigenvalue weighted by Gasteiger charge is -2.07. The van der Waals surface area contributed by atoms with Crippen LogP contribution in [-0.2, 0) is 9.59 Å². The summed E-state index contributed by atoms with van der Waals surface area (Å²) < 4.78 is 0. The second-order valence-electron chi connectivity index (χ2n) is 3.04. The highest BCUT2D eigenvalue weighted by molar-refractivity contribution is 6.17. The molecule has 1 atom stereocenters. The molecular weight excluding hydrogens is 192 g/mol. The van der Waals surface area contributed by atoms with E-state index in [0.717, 1.165) is 19.3 Å². The Hall–Kier alpha value is -0.570. The van der Waals surface area contributed by atoms with Gasteiger partial charge >= 0.3 is 5.97 Å². The smallest absolute Gasteiger partial charge is 0.314 e. The minimum absolute atomic E-state index is 0.265. The molecule has 0 aliphatic rings. The molecule has 0 saturated carbocycles. The van der Waals surface area contributed by atoms with Gasteiger partial charge in [-0.3, -0.25) is 9.59 Å². The number of carbonyl (C=O) groups is 2. The molecule has 0 aromatic carbocycles. The van der Waals surface area contributed by atoms with Crippen molar-refractivity contribution >= 4 is 23.4 Å². The maximum absolute atomic E-state index is 10.8. The largest absolute Gasteiger partial charge is 0.481 e. The van der Waals surface area contributed by atoms with Gasteiger partial charge in [0.25, 0.3) is 0 Å². The quantitative estimate of drug-likeness (QED) is 0.394. The van der Waals surface area contributed by atoms with Gasteiger partial charge in [-0.1, -0.05) is 12.8 Å². The number of hydrogen-bond acceptors (Lipinski definition) is 2. The summed E-state index contributed by atoms with van der Waals surface area (Å²) in [5.74, 6) is -1.51. The van der Waals surface area contributed by atoms with Gasteiger partial charge in [-0.15, -0.1) is 11.6 Å². The van der Waals surface area contributed by atoms with E-state index >= 15 is 0 Å². The Balaban J connectivity index is 3.71. The molecule has 0 heterocycles. The normalized spacial score (nSPS) is 12.5. The van der Waals surface area contributed by atoms with E-state index < -0.39 is 11.9 Å². The fourth-order valence-electron chi connectivity index (χ4n) is 1.12. The van der Waals surface area contributed by atoms with Crippen molar-refractivity contribution in [1.29, 1.82) is 0 Å². The number of rotatable bonds is 7. The monoisotopic (exact) mass is 206 g/mol. The molecule has 0 aliphatic heterocycles. The lowest BCUT2D eigenvalue weighted by molar-refractivity contribution is -0.146. The Bertz CT molecular complexity index is 166. The molecule has 0 radical (unpaired) electrons. The van der Waals surface area contributed by atoms with Crippen LogP contribution in [0.2, 0.25) is 0 Å². The van der Waals surface area contributed by atoms with Crippen LogP contribution in [0.3, 0.4) is 0 Å². The number of alkyl halides is 1. The van der Waals surface area contributed by atoms with E-state index in [1.165, 1.54) is 6.92 Å². The van der Waals surface area contributed by atoms with Crippen molar-refractivity contribution in [1.82, 2.24) is 0 Å². The second kappa shape index (κ2) is 6.89. The van der Waals surface area contributed by atoms with Gasteiger partial charge in [-0.05, 0) is 19.8 Å². The van der Waals surface area contributed by atoms with Crippen molar-refractivity contribution in [3.63, 3.8) is 0 Å². The third-order valence-electron chi connectivity index (χ3n) is 1.92. The number of carboxylic acids is 1. The van der Waals surface area contributed by atoms with Gasteiger partial charge in [-0.2, -0.15) is 0 Å². The first-order valence-corrected chi connectivity index (χ1v) is 4.92. The van der Waals surface area contributed by atoms with Crippen LogP contribution in [0.4, 0.5) is 0 Å². The van der Waals surface area contributed by atoms with Crippen molar-refractivity contribution < 1.29 is 14.7 Å². The molecule has 0 fully saturated rings. The van der Waals surface area contributed by atoms with E-state index in [9.17, 15) is 9.59 Å². The SMILES string of the molecule is CC(=O)C(CCCCCCl)C(=O)O. The zero-order valence-electron chi connectivity index (χ0n) is 7.75. The molecule has 0 saturated heterocycles. The summed E-state index contributed by atoms with van der Waals surface area (Å²) in [6.45, 7) is 1.32. The van der Waals surface area contributed by atoms with Gasteiger partial charge < -0.3 is 5.11 Å². The van der Waals surface area contributed by atoms with E-state index in [4.69, 9.17) is 16.7 Å². The predicted octanol–water partition coefficient (Wildman–Crippen LogP) is 2.08. The minimum Gasteiger partial charge on any atom is -0.481 e. The van der Waals surface area contributed by atoms with Crippen LogP contribution < -0.4 is 0 Å². The number of hydrogen-bond donors (Lipinski definition) is 1. The van der Waals surface area contributed by atoms with E-state index in [1.807, 2.05) is 0 Å². The van der Waals surface area contributed by atoms with Gasteiger partial charge in [0.2, 0.25) is 0 Å². The summed E-state index contributed by atoms with van der Waals surface area (Å²) in [7, 11) is 0. The maximum Gasteiger partial charge on any atom is 0.314 e. The summed E-state index contributed by atoms with van der Waals surface area (Å²) in [6, 6.07) is 0. The van der Waals surface area contributed by atoms with Crippen molar-refractivity contribution in [3.05, 3.63) is 0 Å². The topological polar surface area (TPSA) is 54.4 Å². The highest BCUT2D eigenvalue weighted by atomic mass is 35.5. The zero-order chi connectivity index (χ0) is 10.3. The summed E-state index contributed by atoms with van der Waals surface area (Å²) in [6.07, 6.45) is 2.96. The Labute approximate surface area is 83.1 Å². The molecular formula is C9H15ClO3. The molecule has 0 aromatic rings. The van der Waals surface area contributed by atoms with Crippen LogP contribution >= 0.6 is 11.6 Å². The Morgan fingerprint density at radius 3 is 2.31 bits per heavy atom. The highest BCUT2D eigenvalue weighted by Crippen LogP contribution is 2.11. The first-order valence-electron chi connectivity index (χ1n) is 4.38. The predicted molar refractivity (Wildman–Crippen MR) is 51.0 cm³/mol. The molecule has 0 aromatic heterocycles. The molecule has 0 bridgehead atoms. The molecule has 3 nitrogen and oxygen atoms in total. The third-order valence-corrected chi connectivity index (χ3v) is 2.18. The summed E-state index contributed by atoms with van der Waals surface area (Å²) in [4.78, 5) is 21.4. The number of halogens is 1. The molecule has 1 unspecified atom stereocenters. The number of carbonyl (C=O) groups excluding carboxylic acids is 1. The van der Waals surface area contributed by atoms with Gasteiger partial charge in [-0.25, -0.2) is 0 Å². The first kappa shape index (κ1) is 12.4. The van der Waals surface area contributed by atoms with Crippen LogP contribution in [-0.4, -0.2) is 22.7 Å². The van der Waals surface area contributed by atoms with Gasteiger partial charge in [0.15, 0.2) is 0 Å². The molecule has 0 spiro atoms. The Kier molecular flexibility index (Phi) is 6.59. The summed E-state index contributed by atoms with van der Waals surface area (Å²) in [5.41, 5.74) is 0. The second-order valence-corrected chi connectivity index (χ2v) is 3.42.